The lowest BCUT2D eigenvalue weighted by atomic mass is 9.97. The molecule has 2 aliphatic heterocycles. The summed E-state index contributed by atoms with van der Waals surface area (Å²) in [6.45, 7) is 3.39. The maximum Gasteiger partial charge on any atom is 0.261 e. The molecule has 0 aliphatic carbocycles. The minimum absolute atomic E-state index is 0.0424. The van der Waals surface area contributed by atoms with E-state index in [9.17, 15) is 4.79 Å². The molecule has 3 heterocycles. The van der Waals surface area contributed by atoms with Crippen LogP contribution in [0.4, 0.5) is 0 Å². The van der Waals surface area contributed by atoms with E-state index < -0.39 is 0 Å². The van der Waals surface area contributed by atoms with Crippen molar-refractivity contribution in [2.24, 2.45) is 5.92 Å². The van der Waals surface area contributed by atoms with Crippen LogP contribution in [0, 0.1) is 5.92 Å². The molecule has 5 heteroatoms. The highest BCUT2D eigenvalue weighted by molar-refractivity contribution is 7.17. The second-order valence-corrected chi connectivity index (χ2v) is 7.96. The summed E-state index contributed by atoms with van der Waals surface area (Å²) in [5.74, 6) is 0.803. The van der Waals surface area contributed by atoms with Gasteiger partial charge in [0, 0.05) is 34.6 Å². The Morgan fingerprint density at radius 2 is 2.09 bits per heavy atom. The first-order valence-electron chi connectivity index (χ1n) is 8.07. The third kappa shape index (κ3) is 3.16. The van der Waals surface area contributed by atoms with Gasteiger partial charge in [-0.1, -0.05) is 29.8 Å². The number of amides is 1. The quantitative estimate of drug-likeness (QED) is 0.914. The van der Waals surface area contributed by atoms with Crippen LogP contribution in [0.5, 0.6) is 0 Å². The molecule has 2 saturated heterocycles. The Hall–Kier alpha value is -1.36. The number of thiophene rings is 1. The van der Waals surface area contributed by atoms with Gasteiger partial charge in [0.2, 0.25) is 0 Å². The molecule has 1 unspecified atom stereocenters. The molecule has 4 rings (SSSR count). The predicted molar refractivity (Wildman–Crippen MR) is 95.2 cm³/mol. The first-order chi connectivity index (χ1) is 11.2. The number of hydrogen-bond donors (Lipinski definition) is 1. The Bertz CT molecular complexity index is 717. The Kier molecular flexibility index (Phi) is 4.14. The van der Waals surface area contributed by atoms with Crippen molar-refractivity contribution < 1.29 is 4.79 Å². The average molecular weight is 347 g/mol. The number of halogens is 1. The lowest BCUT2D eigenvalue weighted by molar-refractivity contribution is 0.0913. The zero-order valence-electron chi connectivity index (χ0n) is 12.8. The van der Waals surface area contributed by atoms with Crippen LogP contribution in [0.2, 0.25) is 5.02 Å². The third-order valence-electron chi connectivity index (χ3n) is 4.77. The topological polar surface area (TPSA) is 32.3 Å². The largest absolute Gasteiger partial charge is 0.347 e. The van der Waals surface area contributed by atoms with Crippen LogP contribution in [0.1, 0.15) is 22.5 Å². The molecule has 2 fully saturated rings. The first kappa shape index (κ1) is 15.2. The van der Waals surface area contributed by atoms with Crippen molar-refractivity contribution in [3.8, 4) is 10.4 Å². The van der Waals surface area contributed by atoms with Gasteiger partial charge < -0.3 is 10.2 Å². The molecule has 23 heavy (non-hydrogen) atoms. The minimum Gasteiger partial charge on any atom is -0.347 e. The summed E-state index contributed by atoms with van der Waals surface area (Å²) in [6.07, 6.45) is 2.40. The summed E-state index contributed by atoms with van der Waals surface area (Å²) in [4.78, 5) is 16.8. The monoisotopic (exact) mass is 346 g/mol. The third-order valence-corrected chi connectivity index (χ3v) is 6.22. The number of nitrogens with zero attached hydrogens (tertiary/aromatic N) is 1. The average Bonchev–Trinajstić information content (AvgIpc) is 3.15. The van der Waals surface area contributed by atoms with E-state index >= 15 is 0 Å². The lowest BCUT2D eigenvalue weighted by Gasteiger charge is -2.30. The van der Waals surface area contributed by atoms with Gasteiger partial charge in [-0.05, 0) is 43.5 Å². The molecule has 1 amide bonds. The maximum atomic E-state index is 12.5. The van der Waals surface area contributed by atoms with Gasteiger partial charge in [-0.15, -0.1) is 11.3 Å². The van der Waals surface area contributed by atoms with Gasteiger partial charge in [-0.3, -0.25) is 4.79 Å². The van der Waals surface area contributed by atoms with Crippen molar-refractivity contribution in [2.75, 3.05) is 19.6 Å². The molecule has 2 aliphatic rings. The summed E-state index contributed by atoms with van der Waals surface area (Å²) in [5.41, 5.74) is 0.986. The van der Waals surface area contributed by atoms with Gasteiger partial charge in [0.25, 0.3) is 5.91 Å². The van der Waals surface area contributed by atoms with Crippen LogP contribution < -0.4 is 5.32 Å². The second kappa shape index (κ2) is 6.27. The van der Waals surface area contributed by atoms with Crippen LogP contribution in [-0.2, 0) is 0 Å². The molecule has 1 aromatic heterocycles. The minimum atomic E-state index is 0.0424. The summed E-state index contributed by atoms with van der Waals surface area (Å²) in [6, 6.07) is 11.9. The Morgan fingerprint density at radius 3 is 2.91 bits per heavy atom. The van der Waals surface area contributed by atoms with E-state index in [1.807, 2.05) is 36.4 Å². The normalized spacial score (nSPS) is 26.2. The van der Waals surface area contributed by atoms with E-state index in [1.54, 1.807) is 0 Å². The number of piperidine rings is 1. The number of hydrogen-bond acceptors (Lipinski definition) is 3. The Morgan fingerprint density at radius 1 is 1.22 bits per heavy atom. The van der Waals surface area contributed by atoms with Crippen LogP contribution in [0.25, 0.3) is 10.4 Å². The highest BCUT2D eigenvalue weighted by atomic mass is 35.5. The zero-order valence-corrected chi connectivity index (χ0v) is 14.4. The number of carbonyl (C=O) groups excluding carboxylic acids is 1. The number of fused-ring (bicyclic) bond motifs is 2. The number of carbonyl (C=O) groups is 1. The van der Waals surface area contributed by atoms with Crippen molar-refractivity contribution in [3.63, 3.8) is 0 Å². The number of nitrogens with one attached hydrogen (secondary N) is 1. The zero-order chi connectivity index (χ0) is 15.8. The van der Waals surface area contributed by atoms with E-state index in [4.69, 9.17) is 11.6 Å². The van der Waals surface area contributed by atoms with Gasteiger partial charge in [0.15, 0.2) is 0 Å². The lowest BCUT2D eigenvalue weighted by Crippen LogP contribution is -2.46. The fourth-order valence-corrected chi connectivity index (χ4v) is 4.93. The summed E-state index contributed by atoms with van der Waals surface area (Å²) in [5, 5.41) is 3.93. The molecule has 0 radical (unpaired) electrons. The van der Waals surface area contributed by atoms with Crippen LogP contribution >= 0.6 is 22.9 Å². The molecular weight excluding hydrogens is 328 g/mol. The van der Waals surface area contributed by atoms with Gasteiger partial charge in [0.05, 0.1) is 4.88 Å². The molecule has 120 valence electrons. The van der Waals surface area contributed by atoms with E-state index in [-0.39, 0.29) is 11.9 Å². The molecular formula is C18H19ClN2OS. The van der Waals surface area contributed by atoms with Crippen LogP contribution in [-0.4, -0.2) is 36.5 Å². The highest BCUT2D eigenvalue weighted by Gasteiger charge is 2.33. The molecule has 1 aromatic carbocycles. The predicted octanol–water partition coefficient (Wildman–Crippen LogP) is 3.89. The van der Waals surface area contributed by atoms with E-state index in [0.717, 1.165) is 39.2 Å². The van der Waals surface area contributed by atoms with Crippen molar-refractivity contribution in [3.05, 3.63) is 46.3 Å². The van der Waals surface area contributed by atoms with Gasteiger partial charge in [0.1, 0.15) is 0 Å². The SMILES string of the molecule is O=C(N[C@H]1C[C@H]2CCN(C2)C1)c1ccc(-c2ccccc2Cl)s1. The maximum absolute atomic E-state index is 12.5. The fraction of sp³-hybridized carbons (Fsp3) is 0.389. The van der Waals surface area contributed by atoms with Crippen LogP contribution in [0.3, 0.4) is 0 Å². The Labute approximate surface area is 145 Å². The smallest absolute Gasteiger partial charge is 0.261 e. The molecule has 0 saturated carbocycles. The number of benzene rings is 1. The molecule has 0 spiro atoms. The summed E-state index contributed by atoms with van der Waals surface area (Å²) in [7, 11) is 0. The second-order valence-electron chi connectivity index (χ2n) is 6.46. The Balaban J connectivity index is 1.46. The molecule has 2 aromatic rings. The molecule has 1 N–H and O–H groups in total. The van der Waals surface area contributed by atoms with Crippen molar-refractivity contribution in [1.29, 1.82) is 0 Å². The van der Waals surface area contributed by atoms with Gasteiger partial charge in [-0.25, -0.2) is 0 Å². The van der Waals surface area contributed by atoms with Crippen molar-refractivity contribution >= 4 is 28.8 Å². The van der Waals surface area contributed by atoms with E-state index in [2.05, 4.69) is 10.2 Å². The molecule has 3 atom stereocenters. The molecule has 2 bridgehead atoms. The van der Waals surface area contributed by atoms with E-state index in [0.29, 0.717) is 0 Å². The van der Waals surface area contributed by atoms with E-state index in [1.165, 1.54) is 30.8 Å². The highest BCUT2D eigenvalue weighted by Crippen LogP contribution is 2.33. The van der Waals surface area contributed by atoms with Crippen LogP contribution in [0.15, 0.2) is 36.4 Å². The first-order valence-corrected chi connectivity index (χ1v) is 9.26. The van der Waals surface area contributed by atoms with Crippen molar-refractivity contribution in [2.45, 2.75) is 18.9 Å². The van der Waals surface area contributed by atoms with Crippen molar-refractivity contribution in [1.82, 2.24) is 10.2 Å². The fourth-order valence-electron chi connectivity index (χ4n) is 3.69. The summed E-state index contributed by atoms with van der Waals surface area (Å²) >= 11 is 7.75. The van der Waals surface area contributed by atoms with Gasteiger partial charge >= 0.3 is 0 Å². The standard InChI is InChI=1S/C18H19ClN2OS/c19-15-4-2-1-3-14(15)16-5-6-17(23-16)18(22)20-13-9-12-7-8-21(10-12)11-13/h1-6,12-13H,7-11H2,(H,20,22)/t12-,13+/m1/s1. The van der Waals surface area contributed by atoms with Gasteiger partial charge in [-0.2, -0.15) is 0 Å². The number of rotatable bonds is 3. The summed E-state index contributed by atoms with van der Waals surface area (Å²) < 4.78 is 0. The molecule has 3 nitrogen and oxygen atoms in total.